The second kappa shape index (κ2) is 5.50. The van der Waals surface area contributed by atoms with E-state index in [0.29, 0.717) is 0 Å². The topological polar surface area (TPSA) is 49.3 Å². The van der Waals surface area contributed by atoms with Crippen LogP contribution in [0.15, 0.2) is 0 Å². The molecule has 1 atom stereocenters. The Balaban J connectivity index is 4.17. The zero-order chi connectivity index (χ0) is 10.5. The van der Waals surface area contributed by atoms with Crippen LogP contribution in [0.2, 0.25) is 0 Å². The van der Waals surface area contributed by atoms with Crippen LogP contribution < -0.4 is 5.48 Å². The predicted octanol–water partition coefficient (Wildman–Crippen LogP) is 2.05. The number of hydrogen-bond acceptors (Lipinski definition) is 3. The molecule has 0 spiro atoms. The Bertz CT molecular complexity index is 171. The average Bonchev–Trinajstić information content (AvgIpc) is 2.12. The van der Waals surface area contributed by atoms with Crippen molar-refractivity contribution in [2.24, 2.45) is 5.92 Å². The molecule has 0 fully saturated rings. The number of thioether (sulfide) groups is 1. The lowest BCUT2D eigenvalue weighted by molar-refractivity contribution is -0.133. The maximum Gasteiger partial charge on any atom is 0.247 e. The highest BCUT2D eigenvalue weighted by atomic mass is 32.2. The maximum absolute atomic E-state index is 11.1. The summed E-state index contributed by atoms with van der Waals surface area (Å²) in [5, 5.41) is 8.49. The van der Waals surface area contributed by atoms with Crippen LogP contribution in [0.5, 0.6) is 0 Å². The second-order valence-corrected chi connectivity index (χ2v) is 5.40. The quantitative estimate of drug-likeness (QED) is 0.533. The fraction of sp³-hybridized carbons (Fsp3) is 0.889. The van der Waals surface area contributed by atoms with E-state index >= 15 is 0 Å². The monoisotopic (exact) mass is 205 g/mol. The van der Waals surface area contributed by atoms with Crippen LogP contribution >= 0.6 is 11.8 Å². The summed E-state index contributed by atoms with van der Waals surface area (Å²) in [5.41, 5.74) is 1.70. The fourth-order valence-electron chi connectivity index (χ4n) is 0.903. The molecule has 0 bridgehead atoms. The maximum atomic E-state index is 11.1. The van der Waals surface area contributed by atoms with Crippen LogP contribution in [0.1, 0.15) is 34.1 Å². The van der Waals surface area contributed by atoms with E-state index in [1.807, 2.05) is 20.8 Å². The van der Waals surface area contributed by atoms with Crippen LogP contribution in [0, 0.1) is 5.92 Å². The first-order chi connectivity index (χ1) is 5.95. The molecule has 78 valence electrons. The van der Waals surface area contributed by atoms with E-state index < -0.39 is 0 Å². The van der Waals surface area contributed by atoms with E-state index in [2.05, 4.69) is 6.92 Å². The third-order valence-electron chi connectivity index (χ3n) is 2.22. The number of amides is 1. The van der Waals surface area contributed by atoms with E-state index in [9.17, 15) is 4.79 Å². The smallest absolute Gasteiger partial charge is 0.247 e. The summed E-state index contributed by atoms with van der Waals surface area (Å²) in [4.78, 5) is 11.1. The SMILES string of the molecule is CCCSC(C)(C)C(C)C(=O)NO. The van der Waals surface area contributed by atoms with Crippen molar-refractivity contribution in [2.45, 2.75) is 38.9 Å². The normalized spacial score (nSPS) is 13.9. The second-order valence-electron chi connectivity index (χ2n) is 3.65. The van der Waals surface area contributed by atoms with Gasteiger partial charge in [-0.25, -0.2) is 5.48 Å². The number of rotatable bonds is 5. The molecule has 0 aliphatic rings. The molecule has 0 heterocycles. The van der Waals surface area contributed by atoms with E-state index in [-0.39, 0.29) is 16.6 Å². The molecule has 2 N–H and O–H groups in total. The summed E-state index contributed by atoms with van der Waals surface area (Å²) in [6.07, 6.45) is 1.10. The van der Waals surface area contributed by atoms with Gasteiger partial charge in [0, 0.05) is 4.75 Å². The van der Waals surface area contributed by atoms with Gasteiger partial charge in [0.15, 0.2) is 0 Å². The molecular weight excluding hydrogens is 186 g/mol. The Morgan fingerprint density at radius 1 is 1.62 bits per heavy atom. The van der Waals surface area contributed by atoms with Crippen molar-refractivity contribution < 1.29 is 10.0 Å². The Kier molecular flexibility index (Phi) is 5.40. The highest BCUT2D eigenvalue weighted by molar-refractivity contribution is 8.00. The van der Waals surface area contributed by atoms with Gasteiger partial charge in [-0.15, -0.1) is 0 Å². The molecule has 13 heavy (non-hydrogen) atoms. The molecule has 0 radical (unpaired) electrons. The first-order valence-corrected chi connectivity index (χ1v) is 5.52. The number of nitrogens with one attached hydrogen (secondary N) is 1. The standard InChI is InChI=1S/C9H19NO2S/c1-5-6-13-9(3,4)7(2)8(11)10-12/h7,12H,5-6H2,1-4H3,(H,10,11). The lowest BCUT2D eigenvalue weighted by Gasteiger charge is -2.29. The third kappa shape index (κ3) is 4.00. The van der Waals surface area contributed by atoms with Crippen LogP contribution in [0.4, 0.5) is 0 Å². The van der Waals surface area contributed by atoms with E-state index in [1.54, 1.807) is 17.2 Å². The van der Waals surface area contributed by atoms with Crippen molar-refractivity contribution in [3.05, 3.63) is 0 Å². The van der Waals surface area contributed by atoms with E-state index in [4.69, 9.17) is 5.21 Å². The molecule has 0 aliphatic heterocycles. The molecule has 0 rings (SSSR count). The fourth-order valence-corrected chi connectivity index (χ4v) is 1.99. The largest absolute Gasteiger partial charge is 0.289 e. The Morgan fingerprint density at radius 2 is 2.15 bits per heavy atom. The molecule has 4 heteroatoms. The minimum Gasteiger partial charge on any atom is -0.289 e. The average molecular weight is 205 g/mol. The number of hydrogen-bond donors (Lipinski definition) is 2. The Morgan fingerprint density at radius 3 is 2.54 bits per heavy atom. The van der Waals surface area contributed by atoms with Gasteiger partial charge < -0.3 is 0 Å². The summed E-state index contributed by atoms with van der Waals surface area (Å²) in [7, 11) is 0. The molecule has 1 amide bonds. The van der Waals surface area contributed by atoms with Gasteiger partial charge in [0.25, 0.3) is 0 Å². The molecule has 1 unspecified atom stereocenters. The zero-order valence-electron chi connectivity index (χ0n) is 8.76. The zero-order valence-corrected chi connectivity index (χ0v) is 9.57. The molecule has 0 saturated heterocycles. The van der Waals surface area contributed by atoms with E-state index in [1.165, 1.54) is 0 Å². The van der Waals surface area contributed by atoms with Crippen LogP contribution in [0.3, 0.4) is 0 Å². The summed E-state index contributed by atoms with van der Waals surface area (Å²) < 4.78 is -0.122. The number of carbonyl (C=O) groups is 1. The van der Waals surface area contributed by atoms with Gasteiger partial charge in [0.1, 0.15) is 0 Å². The lowest BCUT2D eigenvalue weighted by Crippen LogP contribution is -2.38. The summed E-state index contributed by atoms with van der Waals surface area (Å²) >= 11 is 1.76. The predicted molar refractivity (Wildman–Crippen MR) is 55.9 cm³/mol. The van der Waals surface area contributed by atoms with Crippen LogP contribution in [-0.4, -0.2) is 21.6 Å². The molecule has 0 aromatic heterocycles. The van der Waals surface area contributed by atoms with Gasteiger partial charge >= 0.3 is 0 Å². The highest BCUT2D eigenvalue weighted by Crippen LogP contribution is 2.32. The summed E-state index contributed by atoms with van der Waals surface area (Å²) in [6.45, 7) is 7.98. The Labute approximate surface area is 84.2 Å². The van der Waals surface area contributed by atoms with Gasteiger partial charge in [-0.1, -0.05) is 13.8 Å². The number of hydroxylamine groups is 1. The third-order valence-corrected chi connectivity index (χ3v) is 3.93. The minimum atomic E-state index is -0.311. The van der Waals surface area contributed by atoms with Crippen molar-refractivity contribution in [3.8, 4) is 0 Å². The van der Waals surface area contributed by atoms with Crippen molar-refractivity contribution in [1.82, 2.24) is 5.48 Å². The lowest BCUT2D eigenvalue weighted by atomic mass is 9.96. The van der Waals surface area contributed by atoms with Crippen molar-refractivity contribution in [1.29, 1.82) is 0 Å². The van der Waals surface area contributed by atoms with Crippen molar-refractivity contribution >= 4 is 17.7 Å². The molecular formula is C9H19NO2S. The van der Waals surface area contributed by atoms with Gasteiger partial charge in [0.05, 0.1) is 5.92 Å². The van der Waals surface area contributed by atoms with Crippen LogP contribution in [0.25, 0.3) is 0 Å². The summed E-state index contributed by atoms with van der Waals surface area (Å²) in [5.74, 6) is 0.540. The van der Waals surface area contributed by atoms with Crippen molar-refractivity contribution in [2.75, 3.05) is 5.75 Å². The summed E-state index contributed by atoms with van der Waals surface area (Å²) in [6, 6.07) is 0. The minimum absolute atomic E-state index is 0.122. The molecule has 0 aliphatic carbocycles. The van der Waals surface area contributed by atoms with Crippen LogP contribution in [-0.2, 0) is 4.79 Å². The molecule has 3 nitrogen and oxygen atoms in total. The van der Waals surface area contributed by atoms with E-state index in [0.717, 1.165) is 12.2 Å². The molecule has 0 saturated carbocycles. The van der Waals surface area contributed by atoms with Gasteiger partial charge in [0.2, 0.25) is 5.91 Å². The first-order valence-electron chi connectivity index (χ1n) is 4.53. The molecule has 0 aromatic rings. The van der Waals surface area contributed by atoms with Crippen molar-refractivity contribution in [3.63, 3.8) is 0 Å². The van der Waals surface area contributed by atoms with Gasteiger partial charge in [-0.2, -0.15) is 11.8 Å². The first kappa shape index (κ1) is 12.8. The molecule has 0 aromatic carbocycles. The number of carbonyl (C=O) groups excluding carboxylic acids is 1. The van der Waals surface area contributed by atoms with Gasteiger partial charge in [-0.05, 0) is 26.0 Å². The van der Waals surface area contributed by atoms with Gasteiger partial charge in [-0.3, -0.25) is 10.0 Å². The Hall–Kier alpha value is -0.220. The highest BCUT2D eigenvalue weighted by Gasteiger charge is 2.31.